The van der Waals surface area contributed by atoms with Gasteiger partial charge in [-0.3, -0.25) is 4.79 Å². The molecule has 10 heteroatoms. The molecule has 1 saturated heterocycles. The maximum absolute atomic E-state index is 13.0. The highest BCUT2D eigenvalue weighted by Crippen LogP contribution is 2.45. The Morgan fingerprint density at radius 3 is 2.32 bits per heavy atom. The molecule has 1 unspecified atom stereocenters. The lowest BCUT2D eigenvalue weighted by molar-refractivity contribution is -0.120. The number of likely N-dealkylation sites (N-methyl/N-ethyl adjacent to an activating group) is 1. The summed E-state index contributed by atoms with van der Waals surface area (Å²) < 4.78 is 40.4. The smallest absolute Gasteiger partial charge is 0.245 e. The van der Waals surface area contributed by atoms with Crippen molar-refractivity contribution in [3.63, 3.8) is 0 Å². The van der Waals surface area contributed by atoms with E-state index in [1.54, 1.807) is 19.2 Å². The lowest BCUT2D eigenvalue weighted by atomic mass is 10.00. The fourth-order valence-electron chi connectivity index (χ4n) is 5.04. The van der Waals surface area contributed by atoms with Crippen LogP contribution in [0.2, 0.25) is 0 Å². The van der Waals surface area contributed by atoms with Gasteiger partial charge in [-0.05, 0) is 90.7 Å². The van der Waals surface area contributed by atoms with Crippen LogP contribution in [0, 0.1) is 0 Å². The van der Waals surface area contributed by atoms with Crippen LogP contribution in [0.1, 0.15) is 36.5 Å². The number of rotatable bonds is 8. The molecule has 1 aliphatic carbocycles. The second kappa shape index (κ2) is 10.6. The van der Waals surface area contributed by atoms with Gasteiger partial charge in [-0.25, -0.2) is 13.6 Å². The Balaban J connectivity index is 1.77. The third kappa shape index (κ3) is 5.51. The number of carbonyl (C=O) groups is 1. The zero-order valence-corrected chi connectivity index (χ0v) is 22.6. The minimum atomic E-state index is -4.08. The van der Waals surface area contributed by atoms with Gasteiger partial charge < -0.3 is 24.4 Å². The highest BCUT2D eigenvalue weighted by atomic mass is 32.2. The number of fused-ring (bicyclic) bond motifs is 1. The summed E-state index contributed by atoms with van der Waals surface area (Å²) in [7, 11) is 2.34. The molecular formula is C27H33N3O6S. The summed E-state index contributed by atoms with van der Waals surface area (Å²) in [6.45, 7) is 3.80. The Kier molecular flexibility index (Phi) is 7.63. The van der Waals surface area contributed by atoms with E-state index in [0.717, 1.165) is 47.4 Å². The van der Waals surface area contributed by atoms with Crippen molar-refractivity contribution in [1.82, 2.24) is 10.2 Å². The molecule has 4 rings (SSSR count). The van der Waals surface area contributed by atoms with Crippen molar-refractivity contribution in [3.05, 3.63) is 52.6 Å². The van der Waals surface area contributed by atoms with Crippen molar-refractivity contribution >= 4 is 33.2 Å². The van der Waals surface area contributed by atoms with Crippen LogP contribution in [0.15, 0.2) is 40.8 Å². The number of amides is 1. The van der Waals surface area contributed by atoms with Gasteiger partial charge in [0.05, 0.1) is 27.8 Å². The van der Waals surface area contributed by atoms with Crippen molar-refractivity contribution < 1.29 is 27.4 Å². The fraction of sp³-hybridized carbons (Fsp3) is 0.370. The lowest BCUT2D eigenvalue weighted by Crippen LogP contribution is -2.36. The summed E-state index contributed by atoms with van der Waals surface area (Å²) in [6.07, 6.45) is 3.10. The SMILES string of the molecule is COc1ccc2c(c1)C(CC(=O)NC1CCN(C)C1)=C(C)C2=Cc1cc(OC)c(S(N)(=O)=O)c(OC)c1. The van der Waals surface area contributed by atoms with Crippen LogP contribution < -0.4 is 24.7 Å². The Hall–Kier alpha value is -3.34. The maximum atomic E-state index is 13.0. The third-order valence-electron chi connectivity index (χ3n) is 6.87. The van der Waals surface area contributed by atoms with Crippen molar-refractivity contribution in [2.45, 2.75) is 30.7 Å². The number of benzene rings is 2. The van der Waals surface area contributed by atoms with Crippen molar-refractivity contribution in [1.29, 1.82) is 0 Å². The van der Waals surface area contributed by atoms with Gasteiger partial charge in [0.1, 0.15) is 17.2 Å². The number of allylic oxidation sites excluding steroid dienone is 2. The summed E-state index contributed by atoms with van der Waals surface area (Å²) in [4.78, 5) is 15.0. The first-order valence-corrected chi connectivity index (χ1v) is 13.5. The topological polar surface area (TPSA) is 120 Å². The van der Waals surface area contributed by atoms with Crippen LogP contribution in [-0.4, -0.2) is 66.7 Å². The zero-order chi connectivity index (χ0) is 26.9. The van der Waals surface area contributed by atoms with E-state index in [4.69, 9.17) is 19.3 Å². The Morgan fingerprint density at radius 2 is 1.78 bits per heavy atom. The largest absolute Gasteiger partial charge is 0.497 e. The molecular weight excluding hydrogens is 494 g/mol. The Morgan fingerprint density at radius 1 is 1.11 bits per heavy atom. The Labute approximate surface area is 217 Å². The monoisotopic (exact) mass is 527 g/mol. The number of hydrogen-bond acceptors (Lipinski definition) is 7. The zero-order valence-electron chi connectivity index (χ0n) is 21.8. The summed E-state index contributed by atoms with van der Waals surface area (Å²) in [6, 6.07) is 9.14. The van der Waals surface area contributed by atoms with E-state index in [9.17, 15) is 13.2 Å². The number of sulfonamides is 1. The van der Waals surface area contributed by atoms with E-state index in [2.05, 4.69) is 17.3 Å². The van der Waals surface area contributed by atoms with E-state index in [1.165, 1.54) is 14.2 Å². The third-order valence-corrected chi connectivity index (χ3v) is 7.84. The van der Waals surface area contributed by atoms with Crippen LogP contribution in [0.25, 0.3) is 17.2 Å². The number of nitrogens with zero attached hydrogens (tertiary/aromatic N) is 1. The second-order valence-electron chi connectivity index (χ2n) is 9.36. The minimum Gasteiger partial charge on any atom is -0.497 e. The molecule has 2 aromatic rings. The molecule has 0 spiro atoms. The standard InChI is InChI=1S/C27H33N3O6S/c1-16-21(10-17-11-24(35-4)27(37(28,32)33)25(12-17)36-5)20-7-6-19(34-3)13-23(20)22(16)14-26(31)29-18-8-9-30(2)15-18/h6-7,10-13,18H,8-9,14-15H2,1-5H3,(H,29,31)(H2,28,32,33). The normalized spacial score (nSPS) is 18.8. The summed E-state index contributed by atoms with van der Waals surface area (Å²) in [5, 5.41) is 8.57. The van der Waals surface area contributed by atoms with E-state index in [-0.39, 0.29) is 34.8 Å². The lowest BCUT2D eigenvalue weighted by Gasteiger charge is -2.14. The maximum Gasteiger partial charge on any atom is 0.245 e. The molecule has 1 aliphatic heterocycles. The van der Waals surface area contributed by atoms with E-state index in [1.807, 2.05) is 31.2 Å². The van der Waals surface area contributed by atoms with E-state index < -0.39 is 10.0 Å². The van der Waals surface area contributed by atoms with E-state index >= 15 is 0 Å². The summed E-state index contributed by atoms with van der Waals surface area (Å²) in [5.74, 6) is 0.850. The number of carbonyl (C=O) groups excluding carboxylic acids is 1. The van der Waals surface area contributed by atoms with Crippen LogP contribution >= 0.6 is 0 Å². The number of methoxy groups -OCH3 is 3. The van der Waals surface area contributed by atoms with Gasteiger partial charge in [-0.1, -0.05) is 6.07 Å². The number of nitrogens with two attached hydrogens (primary N) is 1. The predicted molar refractivity (Wildman–Crippen MR) is 143 cm³/mol. The molecule has 1 atom stereocenters. The fourth-order valence-corrected chi connectivity index (χ4v) is 5.88. The molecule has 198 valence electrons. The number of likely N-dealkylation sites (tertiary alicyclic amines) is 1. The second-order valence-corrected chi connectivity index (χ2v) is 10.9. The molecule has 0 aromatic heterocycles. The summed E-state index contributed by atoms with van der Waals surface area (Å²) in [5.41, 5.74) is 5.34. The van der Waals surface area contributed by atoms with Gasteiger partial charge in [-0.15, -0.1) is 0 Å². The minimum absolute atomic E-state index is 0.0227. The molecule has 37 heavy (non-hydrogen) atoms. The van der Waals surface area contributed by atoms with Gasteiger partial charge >= 0.3 is 0 Å². The number of hydrogen-bond donors (Lipinski definition) is 2. The van der Waals surface area contributed by atoms with Crippen LogP contribution in [0.4, 0.5) is 0 Å². The van der Waals surface area contributed by atoms with Gasteiger partial charge in [-0.2, -0.15) is 0 Å². The first-order valence-electron chi connectivity index (χ1n) is 11.9. The molecule has 9 nitrogen and oxygen atoms in total. The van der Waals surface area contributed by atoms with E-state index in [0.29, 0.717) is 11.3 Å². The molecule has 1 heterocycles. The highest BCUT2D eigenvalue weighted by Gasteiger charge is 2.28. The molecule has 0 bridgehead atoms. The van der Waals surface area contributed by atoms with Gasteiger partial charge in [0.2, 0.25) is 15.9 Å². The number of ether oxygens (including phenoxy) is 3. The highest BCUT2D eigenvalue weighted by molar-refractivity contribution is 7.89. The van der Waals surface area contributed by atoms with Crippen molar-refractivity contribution in [2.24, 2.45) is 5.14 Å². The average Bonchev–Trinajstić information content (AvgIpc) is 3.37. The molecule has 2 aliphatic rings. The van der Waals surface area contributed by atoms with Crippen LogP contribution in [-0.2, 0) is 14.8 Å². The van der Waals surface area contributed by atoms with Gasteiger partial charge in [0.15, 0.2) is 4.90 Å². The van der Waals surface area contributed by atoms with Crippen LogP contribution in [0.5, 0.6) is 17.2 Å². The molecule has 0 saturated carbocycles. The molecule has 1 amide bonds. The first-order chi connectivity index (χ1) is 17.5. The summed E-state index contributed by atoms with van der Waals surface area (Å²) >= 11 is 0. The van der Waals surface area contributed by atoms with Gasteiger partial charge in [0, 0.05) is 12.6 Å². The number of primary sulfonamides is 1. The molecule has 3 N–H and O–H groups in total. The number of nitrogens with one attached hydrogen (secondary N) is 1. The van der Waals surface area contributed by atoms with Crippen molar-refractivity contribution in [3.8, 4) is 17.2 Å². The Bertz CT molecular complexity index is 1370. The predicted octanol–water partition coefficient (Wildman–Crippen LogP) is 2.90. The van der Waals surface area contributed by atoms with Crippen LogP contribution in [0.3, 0.4) is 0 Å². The van der Waals surface area contributed by atoms with Crippen molar-refractivity contribution in [2.75, 3.05) is 41.5 Å². The van der Waals surface area contributed by atoms with Gasteiger partial charge in [0.25, 0.3) is 0 Å². The molecule has 1 fully saturated rings. The first kappa shape index (κ1) is 26.7. The average molecular weight is 528 g/mol. The molecule has 0 radical (unpaired) electrons. The quantitative estimate of drug-likeness (QED) is 0.542. The molecule has 2 aromatic carbocycles.